The summed E-state index contributed by atoms with van der Waals surface area (Å²) in [6.45, 7) is 0.415. The highest BCUT2D eigenvalue weighted by atomic mass is 19.4. The Morgan fingerprint density at radius 3 is 2.19 bits per heavy atom. The molecule has 0 amide bonds. The van der Waals surface area contributed by atoms with E-state index < -0.39 is 18.0 Å². The summed E-state index contributed by atoms with van der Waals surface area (Å²) in [6.07, 6.45) is 0.0392. The van der Waals surface area contributed by atoms with Crippen LogP contribution in [0.1, 0.15) is 49.5 Å². The van der Waals surface area contributed by atoms with Crippen LogP contribution in [0.4, 0.5) is 13.2 Å². The first-order chi connectivity index (χ1) is 9.99. The molecule has 6 heteroatoms. The molecule has 116 valence electrons. The zero-order valence-corrected chi connectivity index (χ0v) is 11.5. The van der Waals surface area contributed by atoms with Gasteiger partial charge in [-0.3, -0.25) is 0 Å². The second-order valence-electron chi connectivity index (χ2n) is 5.69. The van der Waals surface area contributed by atoms with Gasteiger partial charge in [0.1, 0.15) is 5.60 Å². The van der Waals surface area contributed by atoms with Crippen LogP contribution < -0.4 is 0 Å². The Morgan fingerprint density at radius 1 is 1.00 bits per heavy atom. The van der Waals surface area contributed by atoms with Crippen LogP contribution in [-0.4, -0.2) is 12.2 Å². The van der Waals surface area contributed by atoms with Crippen LogP contribution in [0.2, 0.25) is 0 Å². The van der Waals surface area contributed by atoms with Crippen molar-refractivity contribution in [3.05, 3.63) is 35.4 Å². The lowest BCUT2D eigenvalue weighted by atomic mass is 9.85. The molecule has 21 heavy (non-hydrogen) atoms. The van der Waals surface area contributed by atoms with E-state index in [1.807, 2.05) is 0 Å². The van der Waals surface area contributed by atoms with Gasteiger partial charge in [-0.2, -0.15) is 18.1 Å². The Labute approximate surface area is 120 Å². The van der Waals surface area contributed by atoms with Gasteiger partial charge in [0.05, 0.1) is 12.2 Å². The molecule has 1 atom stereocenters. The van der Waals surface area contributed by atoms with Crippen LogP contribution >= 0.6 is 0 Å². The van der Waals surface area contributed by atoms with Crippen LogP contribution in [0.3, 0.4) is 0 Å². The lowest BCUT2D eigenvalue weighted by molar-refractivity contribution is -0.479. The van der Waals surface area contributed by atoms with Crippen molar-refractivity contribution in [1.29, 1.82) is 0 Å². The molecule has 0 radical (unpaired) electrons. The normalized spacial score (nSPS) is 26.0. The molecule has 1 unspecified atom stereocenters. The van der Waals surface area contributed by atoms with Gasteiger partial charge in [-0.05, 0) is 25.0 Å². The summed E-state index contributed by atoms with van der Waals surface area (Å²) in [6, 6.07) is 4.76. The number of alkyl halides is 3. The maximum Gasteiger partial charge on any atom is 0.416 e. The number of benzene rings is 1. The van der Waals surface area contributed by atoms with Crippen LogP contribution in [0.15, 0.2) is 24.3 Å². The Kier molecular flexibility index (Phi) is 3.94. The van der Waals surface area contributed by atoms with E-state index in [0.717, 1.165) is 37.8 Å². The lowest BCUT2D eigenvalue weighted by Crippen LogP contribution is -2.44. The van der Waals surface area contributed by atoms with E-state index in [0.29, 0.717) is 12.2 Å². The average molecular weight is 302 g/mol. The predicted molar refractivity (Wildman–Crippen MR) is 68.1 cm³/mol. The van der Waals surface area contributed by atoms with E-state index in [2.05, 4.69) is 0 Å². The summed E-state index contributed by atoms with van der Waals surface area (Å²) >= 11 is 0. The summed E-state index contributed by atoms with van der Waals surface area (Å²) < 4.78 is 43.2. The Hall–Kier alpha value is -1.11. The maximum absolute atomic E-state index is 12.5. The molecule has 1 aliphatic carbocycles. The molecule has 1 aromatic carbocycles. The molecule has 0 bridgehead atoms. The van der Waals surface area contributed by atoms with Gasteiger partial charge >= 0.3 is 6.18 Å². The Morgan fingerprint density at radius 2 is 1.67 bits per heavy atom. The van der Waals surface area contributed by atoms with Gasteiger partial charge < -0.3 is 4.74 Å². The van der Waals surface area contributed by atoms with Gasteiger partial charge in [0, 0.05) is 5.56 Å². The molecule has 3 rings (SSSR count). The molecule has 2 aliphatic rings. The van der Waals surface area contributed by atoms with Crippen molar-refractivity contribution >= 4 is 0 Å². The van der Waals surface area contributed by atoms with Crippen LogP contribution in [0, 0.1) is 0 Å². The second-order valence-corrected chi connectivity index (χ2v) is 5.69. The first kappa shape index (κ1) is 14.8. The van der Waals surface area contributed by atoms with Crippen molar-refractivity contribution in [2.24, 2.45) is 0 Å². The summed E-state index contributed by atoms with van der Waals surface area (Å²) in [5.74, 6) is 0. The standard InChI is InChI=1S/C15H17F3O3/c16-15(17,18)12-6-4-11(5-7-12)13-19-10-14(21-20-13)8-2-1-3-9-14/h4-7,13H,1-3,8-10H2. The third-order valence-corrected chi connectivity index (χ3v) is 4.09. The van der Waals surface area contributed by atoms with Crippen molar-refractivity contribution in [1.82, 2.24) is 0 Å². The van der Waals surface area contributed by atoms with Crippen LogP contribution in [0.25, 0.3) is 0 Å². The fourth-order valence-corrected chi connectivity index (χ4v) is 2.83. The number of rotatable bonds is 1. The first-order valence-electron chi connectivity index (χ1n) is 7.12. The molecule has 1 saturated heterocycles. The fourth-order valence-electron chi connectivity index (χ4n) is 2.83. The molecule has 0 N–H and O–H groups in total. The predicted octanol–water partition coefficient (Wildman–Crippen LogP) is 4.39. The monoisotopic (exact) mass is 302 g/mol. The van der Waals surface area contributed by atoms with Crippen molar-refractivity contribution in [3.63, 3.8) is 0 Å². The first-order valence-corrected chi connectivity index (χ1v) is 7.12. The maximum atomic E-state index is 12.5. The van der Waals surface area contributed by atoms with Crippen molar-refractivity contribution in [3.8, 4) is 0 Å². The SMILES string of the molecule is FC(F)(F)c1ccc(C2OCC3(CCCCC3)OO2)cc1. The third-order valence-electron chi connectivity index (χ3n) is 4.09. The summed E-state index contributed by atoms with van der Waals surface area (Å²) in [5.41, 5.74) is -0.541. The van der Waals surface area contributed by atoms with Crippen molar-refractivity contribution in [2.75, 3.05) is 6.61 Å². The number of halogens is 3. The van der Waals surface area contributed by atoms with Crippen molar-refractivity contribution < 1.29 is 27.7 Å². The smallest absolute Gasteiger partial charge is 0.343 e. The van der Waals surface area contributed by atoms with Gasteiger partial charge in [0.15, 0.2) is 0 Å². The van der Waals surface area contributed by atoms with Gasteiger partial charge in [-0.25, -0.2) is 4.89 Å². The summed E-state index contributed by atoms with van der Waals surface area (Å²) in [5, 5.41) is 0. The number of hydrogen-bond acceptors (Lipinski definition) is 3. The zero-order valence-electron chi connectivity index (χ0n) is 11.5. The molecule has 1 aromatic rings. The molecule has 2 fully saturated rings. The zero-order chi connectivity index (χ0) is 14.9. The molecular formula is C15H17F3O3. The quantitative estimate of drug-likeness (QED) is 0.720. The highest BCUT2D eigenvalue weighted by Gasteiger charge is 2.40. The minimum atomic E-state index is -4.34. The number of ether oxygens (including phenoxy) is 1. The van der Waals surface area contributed by atoms with Crippen LogP contribution in [0.5, 0.6) is 0 Å². The third kappa shape index (κ3) is 3.22. The van der Waals surface area contributed by atoms with Gasteiger partial charge in [-0.1, -0.05) is 31.4 Å². The van der Waals surface area contributed by atoms with Gasteiger partial charge in [0.25, 0.3) is 0 Å². The fraction of sp³-hybridized carbons (Fsp3) is 0.600. The summed E-state index contributed by atoms with van der Waals surface area (Å²) in [7, 11) is 0. The van der Waals surface area contributed by atoms with E-state index >= 15 is 0 Å². The minimum absolute atomic E-state index is 0.374. The molecule has 0 aromatic heterocycles. The highest BCUT2D eigenvalue weighted by molar-refractivity contribution is 5.25. The topological polar surface area (TPSA) is 27.7 Å². The van der Waals surface area contributed by atoms with E-state index in [1.54, 1.807) is 0 Å². The van der Waals surface area contributed by atoms with E-state index in [9.17, 15) is 13.2 Å². The molecule has 1 heterocycles. The molecule has 1 aliphatic heterocycles. The second kappa shape index (κ2) is 5.59. The molecule has 1 saturated carbocycles. The van der Waals surface area contributed by atoms with Gasteiger partial charge in [-0.15, -0.1) is 0 Å². The van der Waals surface area contributed by atoms with Gasteiger partial charge in [0.2, 0.25) is 6.29 Å². The average Bonchev–Trinajstić information content (AvgIpc) is 2.48. The van der Waals surface area contributed by atoms with E-state index in [-0.39, 0.29) is 5.60 Å². The molecular weight excluding hydrogens is 285 g/mol. The summed E-state index contributed by atoms with van der Waals surface area (Å²) in [4.78, 5) is 10.8. The minimum Gasteiger partial charge on any atom is -0.343 e. The Balaban J connectivity index is 1.64. The molecule has 1 spiro atoms. The number of hydrogen-bond donors (Lipinski definition) is 0. The largest absolute Gasteiger partial charge is 0.416 e. The molecule has 3 nitrogen and oxygen atoms in total. The lowest BCUT2D eigenvalue weighted by Gasteiger charge is -2.40. The van der Waals surface area contributed by atoms with Crippen molar-refractivity contribution in [2.45, 2.75) is 50.2 Å². The van der Waals surface area contributed by atoms with E-state index in [1.165, 1.54) is 18.6 Å². The Bertz CT molecular complexity index is 468. The van der Waals surface area contributed by atoms with Crippen LogP contribution in [-0.2, 0) is 20.7 Å². The highest BCUT2D eigenvalue weighted by Crippen LogP contribution is 2.39. The van der Waals surface area contributed by atoms with E-state index in [4.69, 9.17) is 14.5 Å².